The molecule has 0 unspecified atom stereocenters. The molecule has 0 aliphatic heterocycles. The molecular formula is C19H17F3N4O3. The SMILES string of the molecule is CC(C)(CNC(=O)c1n[nH]c2ccc([N+](=O)[O-])cc12)c1cccc(C(F)(F)F)c1. The van der Waals surface area contributed by atoms with E-state index in [4.69, 9.17) is 0 Å². The lowest BCUT2D eigenvalue weighted by Crippen LogP contribution is -2.37. The molecule has 0 spiro atoms. The number of halogens is 3. The molecule has 2 N–H and O–H groups in total. The van der Waals surface area contributed by atoms with Crippen molar-refractivity contribution in [2.45, 2.75) is 25.4 Å². The van der Waals surface area contributed by atoms with Gasteiger partial charge in [0, 0.05) is 29.5 Å². The Morgan fingerprint density at radius 1 is 1.17 bits per heavy atom. The van der Waals surface area contributed by atoms with E-state index in [0.717, 1.165) is 12.1 Å². The summed E-state index contributed by atoms with van der Waals surface area (Å²) < 4.78 is 38.9. The van der Waals surface area contributed by atoms with Gasteiger partial charge in [-0.25, -0.2) is 0 Å². The Hall–Kier alpha value is -3.43. The van der Waals surface area contributed by atoms with Crippen molar-refractivity contribution < 1.29 is 22.9 Å². The van der Waals surface area contributed by atoms with Gasteiger partial charge < -0.3 is 5.32 Å². The molecule has 0 bridgehead atoms. The van der Waals surface area contributed by atoms with Gasteiger partial charge in [-0.1, -0.05) is 32.0 Å². The van der Waals surface area contributed by atoms with E-state index >= 15 is 0 Å². The minimum atomic E-state index is -4.46. The van der Waals surface area contributed by atoms with Gasteiger partial charge in [-0.15, -0.1) is 0 Å². The van der Waals surface area contributed by atoms with Gasteiger partial charge in [0.25, 0.3) is 11.6 Å². The fraction of sp³-hybridized carbons (Fsp3) is 0.263. The number of fused-ring (bicyclic) bond motifs is 1. The van der Waals surface area contributed by atoms with Gasteiger partial charge >= 0.3 is 6.18 Å². The third kappa shape index (κ3) is 4.20. The molecule has 152 valence electrons. The molecular weight excluding hydrogens is 389 g/mol. The molecule has 0 atom stereocenters. The van der Waals surface area contributed by atoms with Crippen LogP contribution < -0.4 is 5.32 Å². The zero-order chi connectivity index (χ0) is 21.4. The fourth-order valence-corrected chi connectivity index (χ4v) is 2.89. The van der Waals surface area contributed by atoms with Gasteiger partial charge in [-0.05, 0) is 17.7 Å². The minimum absolute atomic E-state index is 0.0245. The second-order valence-corrected chi connectivity index (χ2v) is 7.20. The van der Waals surface area contributed by atoms with E-state index in [0.29, 0.717) is 11.1 Å². The second-order valence-electron chi connectivity index (χ2n) is 7.20. The summed E-state index contributed by atoms with van der Waals surface area (Å²) in [6.45, 7) is 3.45. The van der Waals surface area contributed by atoms with Crippen LogP contribution in [0, 0.1) is 10.1 Å². The van der Waals surface area contributed by atoms with Gasteiger partial charge in [0.2, 0.25) is 0 Å². The quantitative estimate of drug-likeness (QED) is 0.490. The van der Waals surface area contributed by atoms with Crippen LogP contribution in [0.1, 0.15) is 35.5 Å². The molecule has 3 rings (SSSR count). The molecule has 0 aliphatic rings. The fourth-order valence-electron chi connectivity index (χ4n) is 2.89. The number of nitro benzene ring substituents is 1. The summed E-state index contributed by atoms with van der Waals surface area (Å²) in [6.07, 6.45) is -4.46. The number of H-pyrrole nitrogens is 1. The molecule has 1 aromatic heterocycles. The van der Waals surface area contributed by atoms with Crippen LogP contribution in [0.15, 0.2) is 42.5 Å². The van der Waals surface area contributed by atoms with Crippen molar-refractivity contribution in [1.29, 1.82) is 0 Å². The van der Waals surface area contributed by atoms with Gasteiger partial charge in [0.15, 0.2) is 5.69 Å². The largest absolute Gasteiger partial charge is 0.416 e. The molecule has 3 aromatic rings. The van der Waals surface area contributed by atoms with Gasteiger partial charge in [-0.3, -0.25) is 20.0 Å². The van der Waals surface area contributed by atoms with Gasteiger partial charge in [-0.2, -0.15) is 18.3 Å². The van der Waals surface area contributed by atoms with Crippen molar-refractivity contribution in [1.82, 2.24) is 15.5 Å². The molecule has 0 fully saturated rings. The van der Waals surface area contributed by atoms with E-state index in [-0.39, 0.29) is 23.3 Å². The Balaban J connectivity index is 1.81. The van der Waals surface area contributed by atoms with Crippen molar-refractivity contribution in [3.05, 3.63) is 69.4 Å². The van der Waals surface area contributed by atoms with Crippen molar-refractivity contribution in [2.24, 2.45) is 0 Å². The van der Waals surface area contributed by atoms with E-state index in [2.05, 4.69) is 15.5 Å². The van der Waals surface area contributed by atoms with Crippen molar-refractivity contribution in [3.63, 3.8) is 0 Å². The monoisotopic (exact) mass is 406 g/mol. The maximum Gasteiger partial charge on any atom is 0.416 e. The number of rotatable bonds is 5. The number of aromatic nitrogens is 2. The van der Waals surface area contributed by atoms with Crippen LogP contribution in [-0.2, 0) is 11.6 Å². The van der Waals surface area contributed by atoms with Crippen LogP contribution >= 0.6 is 0 Å². The first-order valence-corrected chi connectivity index (χ1v) is 8.57. The normalized spacial score (nSPS) is 12.2. The average molecular weight is 406 g/mol. The number of nitrogens with one attached hydrogen (secondary N) is 2. The van der Waals surface area contributed by atoms with Crippen LogP contribution in [0.3, 0.4) is 0 Å². The van der Waals surface area contributed by atoms with Crippen molar-refractivity contribution >= 4 is 22.5 Å². The Bertz CT molecular complexity index is 1090. The predicted molar refractivity (Wildman–Crippen MR) is 99.6 cm³/mol. The molecule has 0 radical (unpaired) electrons. The molecule has 1 heterocycles. The highest BCUT2D eigenvalue weighted by Gasteiger charge is 2.32. The highest BCUT2D eigenvalue weighted by atomic mass is 19.4. The lowest BCUT2D eigenvalue weighted by atomic mass is 9.83. The van der Waals surface area contributed by atoms with E-state index < -0.39 is 28.0 Å². The van der Waals surface area contributed by atoms with Crippen LogP contribution in [0.5, 0.6) is 0 Å². The van der Waals surface area contributed by atoms with Crippen molar-refractivity contribution in [2.75, 3.05) is 6.54 Å². The molecule has 0 aliphatic carbocycles. The number of carbonyl (C=O) groups is 1. The van der Waals surface area contributed by atoms with Crippen LogP contribution in [0.4, 0.5) is 18.9 Å². The molecule has 0 saturated heterocycles. The van der Waals surface area contributed by atoms with Gasteiger partial charge in [0.05, 0.1) is 16.0 Å². The number of carbonyl (C=O) groups excluding carboxylic acids is 1. The summed E-state index contributed by atoms with van der Waals surface area (Å²) in [5.74, 6) is -0.586. The number of benzene rings is 2. The summed E-state index contributed by atoms with van der Waals surface area (Å²) >= 11 is 0. The predicted octanol–water partition coefficient (Wildman–Crippen LogP) is 4.20. The number of alkyl halides is 3. The first-order chi connectivity index (χ1) is 13.5. The number of hydrogen-bond donors (Lipinski definition) is 2. The Morgan fingerprint density at radius 2 is 1.86 bits per heavy atom. The summed E-state index contributed by atoms with van der Waals surface area (Å²) in [5, 5.41) is 20.4. The number of amides is 1. The van der Waals surface area contributed by atoms with Gasteiger partial charge in [0.1, 0.15) is 0 Å². The first kappa shape index (κ1) is 20.3. The number of nitrogens with zero attached hydrogens (tertiary/aromatic N) is 2. The minimum Gasteiger partial charge on any atom is -0.350 e. The summed E-state index contributed by atoms with van der Waals surface area (Å²) in [7, 11) is 0. The molecule has 1 amide bonds. The zero-order valence-corrected chi connectivity index (χ0v) is 15.5. The average Bonchev–Trinajstić information content (AvgIpc) is 3.09. The smallest absolute Gasteiger partial charge is 0.350 e. The first-order valence-electron chi connectivity index (χ1n) is 8.57. The van der Waals surface area contributed by atoms with E-state index in [9.17, 15) is 28.1 Å². The van der Waals surface area contributed by atoms with Crippen LogP contribution in [0.2, 0.25) is 0 Å². The number of non-ortho nitro benzene ring substituents is 1. The second kappa shape index (κ2) is 7.19. The number of aromatic amines is 1. The maximum absolute atomic E-state index is 13.0. The van der Waals surface area contributed by atoms with E-state index in [1.165, 1.54) is 24.3 Å². The molecule has 10 heteroatoms. The standard InChI is InChI=1S/C19H17F3N4O3/c1-18(2,11-4-3-5-12(8-11)19(20,21)22)10-23-17(27)16-14-9-13(26(28)29)6-7-15(14)24-25-16/h3-9H,10H2,1-2H3,(H,23,27)(H,24,25). The van der Waals surface area contributed by atoms with Crippen LogP contribution in [-0.4, -0.2) is 27.6 Å². The summed E-state index contributed by atoms with van der Waals surface area (Å²) in [6, 6.07) is 8.91. The molecule has 2 aromatic carbocycles. The summed E-state index contributed by atoms with van der Waals surface area (Å²) in [4.78, 5) is 22.9. The topological polar surface area (TPSA) is 101 Å². The van der Waals surface area contributed by atoms with Crippen molar-refractivity contribution in [3.8, 4) is 0 Å². The number of nitro groups is 1. The Morgan fingerprint density at radius 3 is 2.52 bits per heavy atom. The highest BCUT2D eigenvalue weighted by Crippen LogP contribution is 2.32. The van der Waals surface area contributed by atoms with E-state index in [1.54, 1.807) is 19.9 Å². The maximum atomic E-state index is 13.0. The Kier molecular flexibility index (Phi) is 5.04. The third-order valence-electron chi connectivity index (χ3n) is 4.63. The molecule has 0 saturated carbocycles. The lowest BCUT2D eigenvalue weighted by molar-refractivity contribution is -0.384. The van der Waals surface area contributed by atoms with Crippen LogP contribution in [0.25, 0.3) is 10.9 Å². The molecule has 7 nitrogen and oxygen atoms in total. The lowest BCUT2D eigenvalue weighted by Gasteiger charge is -2.26. The highest BCUT2D eigenvalue weighted by molar-refractivity contribution is 6.05. The molecule has 29 heavy (non-hydrogen) atoms. The number of hydrogen-bond acceptors (Lipinski definition) is 4. The summed E-state index contributed by atoms with van der Waals surface area (Å²) in [5.41, 5.74) is -0.900. The zero-order valence-electron chi connectivity index (χ0n) is 15.5. The Labute approximate surface area is 163 Å². The van der Waals surface area contributed by atoms with E-state index in [1.807, 2.05) is 0 Å². The third-order valence-corrected chi connectivity index (χ3v) is 4.63.